The van der Waals surface area contributed by atoms with Crippen LogP contribution in [0.2, 0.25) is 0 Å². The number of thioether (sulfide) groups is 1. The lowest BCUT2D eigenvalue weighted by Gasteiger charge is -2.20. The maximum absolute atomic E-state index is 12.8. The van der Waals surface area contributed by atoms with E-state index in [1.54, 1.807) is 6.92 Å². The first-order valence-corrected chi connectivity index (χ1v) is 11.4. The Morgan fingerprint density at radius 2 is 2.07 bits per heavy atom. The third-order valence-electron chi connectivity index (χ3n) is 5.34. The molecule has 0 unspecified atom stereocenters. The highest BCUT2D eigenvalue weighted by atomic mass is 32.2. The van der Waals surface area contributed by atoms with Crippen molar-refractivity contribution < 1.29 is 13.7 Å². The van der Waals surface area contributed by atoms with Gasteiger partial charge in [-0.1, -0.05) is 42.6 Å². The Kier molecular flexibility index (Phi) is 6.54. The number of nitrogens with zero attached hydrogens (tertiary/aromatic N) is 2. The van der Waals surface area contributed by atoms with Crippen LogP contribution in [0.15, 0.2) is 33.2 Å². The number of aryl methyl sites for hydroxylation is 2. The Morgan fingerprint density at radius 1 is 1.24 bits per heavy atom. The highest BCUT2D eigenvalue weighted by Crippen LogP contribution is 2.34. The lowest BCUT2D eigenvalue weighted by atomic mass is 10.0. The molecule has 7 heteroatoms. The molecule has 6 nitrogen and oxygen atoms in total. The number of rotatable bonds is 8. The molecule has 0 atom stereocenters. The summed E-state index contributed by atoms with van der Waals surface area (Å²) in [7, 11) is 0. The Hall–Kier alpha value is -2.28. The third-order valence-corrected chi connectivity index (χ3v) is 6.74. The molecule has 2 aromatic heterocycles. The number of fused-ring (bicyclic) bond motifs is 1. The molecule has 1 fully saturated rings. The van der Waals surface area contributed by atoms with Gasteiger partial charge in [-0.25, -0.2) is 0 Å². The molecule has 1 aromatic carbocycles. The summed E-state index contributed by atoms with van der Waals surface area (Å²) in [6, 6.07) is 7.92. The number of furan rings is 1. The van der Waals surface area contributed by atoms with E-state index in [-0.39, 0.29) is 5.91 Å². The molecule has 1 amide bonds. The van der Waals surface area contributed by atoms with Crippen LogP contribution in [0.1, 0.15) is 66.4 Å². The molecule has 3 aromatic rings. The van der Waals surface area contributed by atoms with Crippen LogP contribution in [0.3, 0.4) is 0 Å². The van der Waals surface area contributed by atoms with Crippen molar-refractivity contribution in [1.82, 2.24) is 15.5 Å². The van der Waals surface area contributed by atoms with E-state index >= 15 is 0 Å². The fourth-order valence-electron chi connectivity index (χ4n) is 3.82. The van der Waals surface area contributed by atoms with Gasteiger partial charge in [-0.05, 0) is 32.3 Å². The van der Waals surface area contributed by atoms with E-state index in [4.69, 9.17) is 8.94 Å². The van der Waals surface area contributed by atoms with Gasteiger partial charge in [-0.15, -0.1) is 0 Å². The van der Waals surface area contributed by atoms with E-state index in [1.165, 1.54) is 32.1 Å². The van der Waals surface area contributed by atoms with Gasteiger partial charge in [0.2, 0.25) is 5.89 Å². The highest BCUT2D eigenvalue weighted by Gasteiger charge is 2.22. The quantitative estimate of drug-likeness (QED) is 0.520. The number of amides is 1. The second-order valence-corrected chi connectivity index (χ2v) is 8.86. The molecule has 0 bridgehead atoms. The molecule has 0 radical (unpaired) electrons. The molecule has 1 aliphatic carbocycles. The normalized spacial score (nSPS) is 15.1. The van der Waals surface area contributed by atoms with Crippen molar-refractivity contribution in [3.05, 3.63) is 47.3 Å². The summed E-state index contributed by atoms with van der Waals surface area (Å²) < 4.78 is 11.1. The predicted octanol–water partition coefficient (Wildman–Crippen LogP) is 5.05. The first kappa shape index (κ1) is 20.0. The first-order valence-electron chi connectivity index (χ1n) is 10.4. The number of benzene rings is 1. The van der Waals surface area contributed by atoms with E-state index in [0.717, 1.165) is 28.7 Å². The minimum Gasteiger partial charge on any atom is -0.451 e. The maximum atomic E-state index is 12.8. The number of para-hydroxylation sites is 1. The summed E-state index contributed by atoms with van der Waals surface area (Å²) in [5.74, 6) is 2.34. The summed E-state index contributed by atoms with van der Waals surface area (Å²) in [5.41, 5.74) is 1.79. The lowest BCUT2D eigenvalue weighted by Crippen LogP contribution is -2.25. The molecule has 0 saturated heterocycles. The van der Waals surface area contributed by atoms with Gasteiger partial charge in [0.15, 0.2) is 11.6 Å². The summed E-state index contributed by atoms with van der Waals surface area (Å²) in [5, 5.41) is 8.50. The van der Waals surface area contributed by atoms with Crippen LogP contribution in [0.5, 0.6) is 0 Å². The van der Waals surface area contributed by atoms with Crippen molar-refractivity contribution in [2.75, 3.05) is 6.54 Å². The minimum atomic E-state index is -0.151. The van der Waals surface area contributed by atoms with Crippen molar-refractivity contribution in [2.45, 2.75) is 62.9 Å². The number of carbonyl (C=O) groups is 1. The number of hydrogen-bond acceptors (Lipinski definition) is 6. The van der Waals surface area contributed by atoms with Gasteiger partial charge in [0.25, 0.3) is 5.91 Å². The average Bonchev–Trinajstić information content (AvgIpc) is 3.33. The van der Waals surface area contributed by atoms with E-state index in [9.17, 15) is 4.79 Å². The van der Waals surface area contributed by atoms with Crippen LogP contribution >= 0.6 is 11.8 Å². The molecule has 1 aliphatic rings. The van der Waals surface area contributed by atoms with Crippen molar-refractivity contribution >= 4 is 28.6 Å². The van der Waals surface area contributed by atoms with E-state index < -0.39 is 0 Å². The molecule has 29 heavy (non-hydrogen) atoms. The Balaban J connectivity index is 1.40. The van der Waals surface area contributed by atoms with Gasteiger partial charge < -0.3 is 14.3 Å². The summed E-state index contributed by atoms with van der Waals surface area (Å²) in [6.45, 7) is 2.33. The molecule has 1 N–H and O–H groups in total. The second kappa shape index (κ2) is 9.48. The predicted molar refractivity (Wildman–Crippen MR) is 114 cm³/mol. The molecule has 1 saturated carbocycles. The fourth-order valence-corrected chi connectivity index (χ4v) is 5.18. The summed E-state index contributed by atoms with van der Waals surface area (Å²) >= 11 is 1.96. The topological polar surface area (TPSA) is 81.2 Å². The molecule has 0 spiro atoms. The van der Waals surface area contributed by atoms with Crippen LogP contribution in [0, 0.1) is 6.92 Å². The van der Waals surface area contributed by atoms with Gasteiger partial charge in [0.1, 0.15) is 5.58 Å². The van der Waals surface area contributed by atoms with Crippen molar-refractivity contribution in [1.29, 1.82) is 0 Å². The van der Waals surface area contributed by atoms with Gasteiger partial charge in [-0.3, -0.25) is 4.79 Å². The maximum Gasteiger partial charge on any atom is 0.287 e. The summed E-state index contributed by atoms with van der Waals surface area (Å²) in [4.78, 5) is 17.0. The largest absolute Gasteiger partial charge is 0.451 e. The van der Waals surface area contributed by atoms with Crippen LogP contribution in [0.25, 0.3) is 11.0 Å². The lowest BCUT2D eigenvalue weighted by molar-refractivity contribution is 0.0926. The zero-order valence-electron chi connectivity index (χ0n) is 16.8. The third kappa shape index (κ3) is 5.01. The SMILES string of the molecule is Cc1noc(CCCNC(=O)c2oc3ccccc3c2CSC2CCCCC2)n1. The van der Waals surface area contributed by atoms with Gasteiger partial charge in [-0.2, -0.15) is 16.7 Å². The zero-order valence-corrected chi connectivity index (χ0v) is 17.6. The Bertz CT molecular complexity index is 959. The molecular formula is C22H27N3O3S. The standard InChI is InChI=1S/C22H27N3O3S/c1-15-24-20(28-25-15)12-7-13-23-22(26)21-18(14-29-16-8-3-2-4-9-16)17-10-5-6-11-19(17)27-21/h5-6,10-11,16H,2-4,7-9,12-14H2,1H3,(H,23,26). The molecule has 154 valence electrons. The Morgan fingerprint density at radius 3 is 2.86 bits per heavy atom. The number of aromatic nitrogens is 2. The van der Waals surface area contributed by atoms with Crippen molar-refractivity contribution in [3.8, 4) is 0 Å². The van der Waals surface area contributed by atoms with Crippen LogP contribution in [-0.4, -0.2) is 27.8 Å². The molecule has 0 aliphatic heterocycles. The van der Waals surface area contributed by atoms with Crippen LogP contribution in [-0.2, 0) is 12.2 Å². The van der Waals surface area contributed by atoms with Crippen molar-refractivity contribution in [2.24, 2.45) is 0 Å². The molecule has 4 rings (SSSR count). The Labute approximate surface area is 174 Å². The average molecular weight is 414 g/mol. The van der Waals surface area contributed by atoms with Crippen molar-refractivity contribution in [3.63, 3.8) is 0 Å². The number of carbonyl (C=O) groups excluding carboxylic acids is 1. The minimum absolute atomic E-state index is 0.151. The number of hydrogen-bond donors (Lipinski definition) is 1. The van der Waals surface area contributed by atoms with Gasteiger partial charge >= 0.3 is 0 Å². The zero-order chi connectivity index (χ0) is 20.1. The van der Waals surface area contributed by atoms with E-state index in [0.29, 0.717) is 35.7 Å². The fraction of sp³-hybridized carbons (Fsp3) is 0.500. The first-order chi connectivity index (χ1) is 14.2. The second-order valence-electron chi connectivity index (χ2n) is 7.57. The van der Waals surface area contributed by atoms with Crippen LogP contribution < -0.4 is 5.32 Å². The van der Waals surface area contributed by atoms with Gasteiger partial charge in [0, 0.05) is 34.9 Å². The molecular weight excluding hydrogens is 386 g/mol. The van der Waals surface area contributed by atoms with Gasteiger partial charge in [0.05, 0.1) is 0 Å². The molecule has 2 heterocycles. The highest BCUT2D eigenvalue weighted by molar-refractivity contribution is 7.99. The number of nitrogens with one attached hydrogen (secondary N) is 1. The monoisotopic (exact) mass is 413 g/mol. The van der Waals surface area contributed by atoms with Crippen LogP contribution in [0.4, 0.5) is 0 Å². The van der Waals surface area contributed by atoms with E-state index in [2.05, 4.69) is 15.5 Å². The summed E-state index contributed by atoms with van der Waals surface area (Å²) in [6.07, 6.45) is 7.91. The smallest absolute Gasteiger partial charge is 0.287 e. The van der Waals surface area contributed by atoms with E-state index in [1.807, 2.05) is 36.0 Å².